The molecule has 4 heterocycles. The summed E-state index contributed by atoms with van der Waals surface area (Å²) in [7, 11) is 0. The van der Waals surface area contributed by atoms with Gasteiger partial charge in [-0.25, -0.2) is 0 Å². The Balaban J connectivity index is 0.00000156. The van der Waals surface area contributed by atoms with E-state index in [2.05, 4.69) is 22.5 Å². The van der Waals surface area contributed by atoms with E-state index in [9.17, 15) is 5.11 Å². The van der Waals surface area contributed by atoms with Crippen molar-refractivity contribution in [2.45, 2.75) is 25.0 Å². The van der Waals surface area contributed by atoms with E-state index in [0.29, 0.717) is 11.8 Å². The molecule has 0 saturated carbocycles. The van der Waals surface area contributed by atoms with Gasteiger partial charge < -0.3 is 10.0 Å². The molecule has 5 atom stereocenters. The predicted octanol–water partition coefficient (Wildman–Crippen LogP) is -0.463. The number of hydrogen-bond acceptors (Lipinski definition) is 3. The van der Waals surface area contributed by atoms with Gasteiger partial charge in [-0.3, -0.25) is 4.98 Å². The van der Waals surface area contributed by atoms with E-state index in [1.807, 2.05) is 30.3 Å². The van der Waals surface area contributed by atoms with Crippen molar-refractivity contribution in [2.24, 2.45) is 11.8 Å². The molecule has 0 aliphatic carbocycles. The molecular formula is C19H21LiN2O. The third-order valence-corrected chi connectivity index (χ3v) is 5.49. The maximum Gasteiger partial charge on any atom is 1.00 e. The van der Waals surface area contributed by atoms with Crippen LogP contribution in [0.4, 0.5) is 0 Å². The summed E-state index contributed by atoms with van der Waals surface area (Å²) < 4.78 is 0. The fourth-order valence-corrected chi connectivity index (χ4v) is 4.27. The summed E-state index contributed by atoms with van der Waals surface area (Å²) in [5.74, 6) is 1.20. The minimum atomic E-state index is -0.693. The van der Waals surface area contributed by atoms with E-state index < -0.39 is 6.10 Å². The number of piperidine rings is 3. The van der Waals surface area contributed by atoms with Crippen LogP contribution in [0.1, 0.15) is 24.5 Å². The van der Waals surface area contributed by atoms with E-state index in [0.717, 1.165) is 36.0 Å². The maximum atomic E-state index is 13.2. The summed E-state index contributed by atoms with van der Waals surface area (Å²) in [5.41, 5.74) is 1.82. The van der Waals surface area contributed by atoms with Gasteiger partial charge >= 0.3 is 18.9 Å². The van der Waals surface area contributed by atoms with Crippen molar-refractivity contribution < 1.29 is 24.0 Å². The van der Waals surface area contributed by atoms with Crippen LogP contribution < -0.4 is 24.0 Å². The SMILES string of the molecule is C=C[C@H]1CN2CC[C@H]1C[C@@H]2[C@H]([O-])c1ccnc2ccccc12.[Li+]. The smallest absolute Gasteiger partial charge is 0.847 e. The number of benzene rings is 1. The van der Waals surface area contributed by atoms with Crippen LogP contribution >= 0.6 is 0 Å². The number of para-hydroxylation sites is 1. The van der Waals surface area contributed by atoms with Crippen LogP contribution in [0.25, 0.3) is 10.9 Å². The Hall–Kier alpha value is -1.11. The van der Waals surface area contributed by atoms with Crippen molar-refractivity contribution in [1.82, 2.24) is 9.88 Å². The Bertz CT molecular complexity index is 699. The first kappa shape index (κ1) is 16.7. The first-order valence-corrected chi connectivity index (χ1v) is 8.14. The molecule has 2 aromatic rings. The topological polar surface area (TPSA) is 39.2 Å². The van der Waals surface area contributed by atoms with Crippen molar-refractivity contribution in [1.29, 1.82) is 0 Å². The van der Waals surface area contributed by atoms with Crippen molar-refractivity contribution in [3.63, 3.8) is 0 Å². The molecule has 2 bridgehead atoms. The molecule has 3 saturated heterocycles. The molecule has 114 valence electrons. The summed E-state index contributed by atoms with van der Waals surface area (Å²) in [6.45, 7) is 6.02. The number of pyridine rings is 1. The Morgan fingerprint density at radius 1 is 1.30 bits per heavy atom. The Labute approximate surface area is 149 Å². The summed E-state index contributed by atoms with van der Waals surface area (Å²) in [4.78, 5) is 6.77. The molecule has 0 radical (unpaired) electrons. The van der Waals surface area contributed by atoms with Gasteiger partial charge in [0.15, 0.2) is 0 Å². The summed E-state index contributed by atoms with van der Waals surface area (Å²) in [6.07, 6.45) is 5.36. The molecule has 23 heavy (non-hydrogen) atoms. The number of fused-ring (bicyclic) bond motifs is 4. The Kier molecular flexibility index (Phi) is 4.94. The van der Waals surface area contributed by atoms with E-state index in [-0.39, 0.29) is 24.9 Å². The van der Waals surface area contributed by atoms with Gasteiger partial charge in [-0.15, -0.1) is 6.58 Å². The van der Waals surface area contributed by atoms with Gasteiger partial charge in [0.1, 0.15) is 0 Å². The van der Waals surface area contributed by atoms with Crippen molar-refractivity contribution in [3.05, 3.63) is 54.7 Å². The van der Waals surface area contributed by atoms with Crippen LogP contribution in [0.5, 0.6) is 0 Å². The molecular weight excluding hydrogens is 279 g/mol. The zero-order chi connectivity index (χ0) is 15.1. The van der Waals surface area contributed by atoms with Gasteiger partial charge in [0.05, 0.1) is 5.52 Å². The molecule has 0 N–H and O–H groups in total. The second kappa shape index (κ2) is 6.79. The zero-order valence-electron chi connectivity index (χ0n) is 13.7. The number of rotatable bonds is 3. The standard InChI is InChI=1S/C19H21N2O.Li/c1-2-13-12-21-10-8-14(13)11-18(21)19(22)16-7-9-20-17-6-4-3-5-15(16)17;/h2-7,9,13-14,18-19H,1,8,10-12H2;/q-1;+1/t13-,14-,18+,19+;/m0./s1. The van der Waals surface area contributed by atoms with Crippen LogP contribution in [-0.2, 0) is 0 Å². The molecule has 1 aromatic carbocycles. The average Bonchev–Trinajstić information content (AvgIpc) is 2.60. The molecule has 1 aromatic heterocycles. The first-order valence-electron chi connectivity index (χ1n) is 8.14. The third-order valence-electron chi connectivity index (χ3n) is 5.49. The van der Waals surface area contributed by atoms with Gasteiger partial charge in [0, 0.05) is 24.2 Å². The second-order valence-electron chi connectivity index (χ2n) is 6.58. The van der Waals surface area contributed by atoms with Gasteiger partial charge in [-0.1, -0.05) is 30.4 Å². The van der Waals surface area contributed by atoms with Crippen molar-refractivity contribution >= 4 is 10.9 Å². The van der Waals surface area contributed by atoms with Gasteiger partial charge in [0.25, 0.3) is 0 Å². The maximum absolute atomic E-state index is 13.2. The fraction of sp³-hybridized carbons (Fsp3) is 0.421. The van der Waals surface area contributed by atoms with E-state index in [1.54, 1.807) is 6.20 Å². The van der Waals surface area contributed by atoms with E-state index >= 15 is 0 Å². The molecule has 3 nitrogen and oxygen atoms in total. The van der Waals surface area contributed by atoms with Gasteiger partial charge in [0.2, 0.25) is 0 Å². The molecule has 3 aliphatic heterocycles. The Morgan fingerprint density at radius 2 is 2.13 bits per heavy atom. The normalized spacial score (nSPS) is 30.7. The third kappa shape index (κ3) is 2.88. The first-order chi connectivity index (χ1) is 10.8. The minimum absolute atomic E-state index is 0. The summed E-state index contributed by atoms with van der Waals surface area (Å²) in [6, 6.07) is 9.98. The molecule has 3 aliphatic rings. The molecule has 0 spiro atoms. The predicted molar refractivity (Wildman–Crippen MR) is 86.3 cm³/mol. The largest absolute Gasteiger partial charge is 1.00 e. The number of nitrogens with zero attached hydrogens (tertiary/aromatic N) is 2. The van der Waals surface area contributed by atoms with Crippen LogP contribution in [0.3, 0.4) is 0 Å². The van der Waals surface area contributed by atoms with Crippen molar-refractivity contribution in [3.8, 4) is 0 Å². The van der Waals surface area contributed by atoms with E-state index in [4.69, 9.17) is 0 Å². The molecule has 4 heteroatoms. The molecule has 5 rings (SSSR count). The van der Waals surface area contributed by atoms with Gasteiger partial charge in [-0.05, 0) is 48.9 Å². The van der Waals surface area contributed by atoms with Crippen LogP contribution in [0.2, 0.25) is 0 Å². The fourth-order valence-electron chi connectivity index (χ4n) is 4.27. The number of aromatic nitrogens is 1. The molecule has 0 amide bonds. The van der Waals surface area contributed by atoms with E-state index in [1.165, 1.54) is 6.42 Å². The summed E-state index contributed by atoms with van der Waals surface area (Å²) in [5, 5.41) is 14.2. The number of hydrogen-bond donors (Lipinski definition) is 0. The Morgan fingerprint density at radius 3 is 2.87 bits per heavy atom. The van der Waals surface area contributed by atoms with Crippen molar-refractivity contribution in [2.75, 3.05) is 13.1 Å². The minimum Gasteiger partial charge on any atom is -0.847 e. The van der Waals surface area contributed by atoms with Crippen LogP contribution in [0, 0.1) is 11.8 Å². The van der Waals surface area contributed by atoms with Crippen LogP contribution in [0.15, 0.2) is 49.2 Å². The van der Waals surface area contributed by atoms with Gasteiger partial charge in [-0.2, -0.15) is 0 Å². The molecule has 3 fully saturated rings. The van der Waals surface area contributed by atoms with Crippen LogP contribution in [-0.4, -0.2) is 29.0 Å². The second-order valence-corrected chi connectivity index (χ2v) is 6.58. The summed E-state index contributed by atoms with van der Waals surface area (Å²) >= 11 is 0. The zero-order valence-corrected chi connectivity index (χ0v) is 13.7. The molecule has 1 unspecified atom stereocenters. The monoisotopic (exact) mass is 300 g/mol. The quantitative estimate of drug-likeness (QED) is 0.569. The average molecular weight is 300 g/mol.